The first kappa shape index (κ1) is 10.9. The standard InChI is InChI=1S/C8H17NO3S/c1-2-13(11,12)6-8(10)7-4-3-5-9-7/h7-10H,2-6H2,1H3/t7-,8+/m0/s1. The highest BCUT2D eigenvalue weighted by Gasteiger charge is 2.26. The predicted octanol–water partition coefficient (Wildman–Crippen LogP) is -0.466. The zero-order chi connectivity index (χ0) is 9.90. The predicted molar refractivity (Wildman–Crippen MR) is 51.4 cm³/mol. The van der Waals surface area contributed by atoms with Gasteiger partial charge in [-0.2, -0.15) is 0 Å². The van der Waals surface area contributed by atoms with Crippen molar-refractivity contribution in [1.82, 2.24) is 5.32 Å². The average Bonchev–Trinajstić information content (AvgIpc) is 2.55. The molecule has 0 aromatic rings. The lowest BCUT2D eigenvalue weighted by atomic mass is 10.1. The van der Waals surface area contributed by atoms with Crippen molar-refractivity contribution in [2.24, 2.45) is 0 Å². The molecule has 0 aromatic carbocycles. The summed E-state index contributed by atoms with van der Waals surface area (Å²) in [6, 6.07) is -0.0266. The number of rotatable bonds is 4. The Labute approximate surface area is 79.3 Å². The smallest absolute Gasteiger partial charge is 0.152 e. The van der Waals surface area contributed by atoms with Crippen molar-refractivity contribution in [3.8, 4) is 0 Å². The normalized spacial score (nSPS) is 26.2. The van der Waals surface area contributed by atoms with Crippen LogP contribution in [0.5, 0.6) is 0 Å². The highest BCUT2D eigenvalue weighted by molar-refractivity contribution is 7.91. The van der Waals surface area contributed by atoms with Crippen LogP contribution in [-0.2, 0) is 9.84 Å². The minimum Gasteiger partial charge on any atom is -0.390 e. The largest absolute Gasteiger partial charge is 0.390 e. The van der Waals surface area contributed by atoms with Crippen LogP contribution in [-0.4, -0.2) is 43.7 Å². The molecule has 2 atom stereocenters. The van der Waals surface area contributed by atoms with Gasteiger partial charge in [0.1, 0.15) is 0 Å². The van der Waals surface area contributed by atoms with Crippen molar-refractivity contribution >= 4 is 9.84 Å². The third-order valence-electron chi connectivity index (χ3n) is 2.43. The second kappa shape index (κ2) is 4.39. The molecule has 1 aliphatic heterocycles. The Morgan fingerprint density at radius 3 is 2.77 bits per heavy atom. The molecule has 0 aliphatic carbocycles. The molecule has 1 rings (SSSR count). The van der Waals surface area contributed by atoms with Gasteiger partial charge < -0.3 is 10.4 Å². The number of nitrogens with one attached hydrogen (secondary N) is 1. The average molecular weight is 207 g/mol. The van der Waals surface area contributed by atoms with Crippen molar-refractivity contribution < 1.29 is 13.5 Å². The van der Waals surface area contributed by atoms with Crippen LogP contribution < -0.4 is 5.32 Å². The van der Waals surface area contributed by atoms with Crippen LogP contribution in [0.2, 0.25) is 0 Å². The first-order valence-corrected chi connectivity index (χ1v) is 6.49. The van der Waals surface area contributed by atoms with Gasteiger partial charge in [-0.3, -0.25) is 0 Å². The minimum atomic E-state index is -3.05. The van der Waals surface area contributed by atoms with Crippen molar-refractivity contribution in [3.63, 3.8) is 0 Å². The fraction of sp³-hybridized carbons (Fsp3) is 1.00. The fourth-order valence-corrected chi connectivity index (χ4v) is 2.52. The molecule has 0 saturated carbocycles. The maximum absolute atomic E-state index is 11.2. The van der Waals surface area contributed by atoms with Crippen molar-refractivity contribution in [2.75, 3.05) is 18.1 Å². The summed E-state index contributed by atoms with van der Waals surface area (Å²) in [6.07, 6.45) is 1.15. The van der Waals surface area contributed by atoms with E-state index in [2.05, 4.69) is 5.32 Å². The van der Waals surface area contributed by atoms with E-state index in [0.29, 0.717) is 0 Å². The highest BCUT2D eigenvalue weighted by Crippen LogP contribution is 2.10. The summed E-state index contributed by atoms with van der Waals surface area (Å²) < 4.78 is 22.4. The van der Waals surface area contributed by atoms with Gasteiger partial charge in [0.25, 0.3) is 0 Å². The lowest BCUT2D eigenvalue weighted by molar-refractivity contribution is 0.157. The second-order valence-electron chi connectivity index (χ2n) is 3.47. The van der Waals surface area contributed by atoms with Gasteiger partial charge in [0.15, 0.2) is 9.84 Å². The summed E-state index contributed by atoms with van der Waals surface area (Å²) in [5.74, 6) is -0.00204. The summed E-state index contributed by atoms with van der Waals surface area (Å²) in [7, 11) is -3.05. The Morgan fingerprint density at radius 1 is 1.62 bits per heavy atom. The first-order chi connectivity index (χ1) is 6.05. The molecule has 0 spiro atoms. The van der Waals surface area contributed by atoms with Crippen LogP contribution in [0.25, 0.3) is 0 Å². The summed E-state index contributed by atoms with van der Waals surface area (Å²) in [4.78, 5) is 0. The first-order valence-electron chi connectivity index (χ1n) is 4.67. The molecule has 1 fully saturated rings. The molecule has 0 unspecified atom stereocenters. The fourth-order valence-electron chi connectivity index (χ4n) is 1.53. The maximum atomic E-state index is 11.2. The second-order valence-corrected chi connectivity index (χ2v) is 5.87. The number of hydrogen-bond acceptors (Lipinski definition) is 4. The van der Waals surface area contributed by atoms with Crippen LogP contribution in [0.4, 0.5) is 0 Å². The van der Waals surface area contributed by atoms with Crippen molar-refractivity contribution in [1.29, 1.82) is 0 Å². The Kier molecular flexibility index (Phi) is 3.70. The molecule has 4 nitrogen and oxygen atoms in total. The molecule has 5 heteroatoms. The lowest BCUT2D eigenvalue weighted by Crippen LogP contribution is -2.39. The molecule has 2 N–H and O–H groups in total. The third kappa shape index (κ3) is 3.25. The number of hydrogen-bond donors (Lipinski definition) is 2. The third-order valence-corrected chi connectivity index (χ3v) is 4.16. The minimum absolute atomic E-state index is 0.0266. The zero-order valence-electron chi connectivity index (χ0n) is 7.86. The van der Waals surface area contributed by atoms with Gasteiger partial charge in [0, 0.05) is 11.8 Å². The van der Waals surface area contributed by atoms with Gasteiger partial charge in [-0.1, -0.05) is 6.92 Å². The zero-order valence-corrected chi connectivity index (χ0v) is 8.68. The molecule has 1 saturated heterocycles. The topological polar surface area (TPSA) is 66.4 Å². The molecule has 13 heavy (non-hydrogen) atoms. The van der Waals surface area contributed by atoms with E-state index in [1.165, 1.54) is 0 Å². The van der Waals surface area contributed by atoms with Crippen LogP contribution in [0, 0.1) is 0 Å². The maximum Gasteiger partial charge on any atom is 0.152 e. The number of aliphatic hydroxyl groups is 1. The summed E-state index contributed by atoms with van der Waals surface area (Å²) >= 11 is 0. The van der Waals surface area contributed by atoms with E-state index >= 15 is 0 Å². The van der Waals surface area contributed by atoms with Crippen molar-refractivity contribution in [3.05, 3.63) is 0 Å². The van der Waals surface area contributed by atoms with Gasteiger partial charge >= 0.3 is 0 Å². The van der Waals surface area contributed by atoms with E-state index in [4.69, 9.17) is 0 Å². The quantitative estimate of drug-likeness (QED) is 0.654. The van der Waals surface area contributed by atoms with E-state index < -0.39 is 15.9 Å². The molecule has 1 aliphatic rings. The van der Waals surface area contributed by atoms with E-state index in [-0.39, 0.29) is 17.5 Å². The molecule has 0 amide bonds. The van der Waals surface area contributed by atoms with Gasteiger partial charge in [0.2, 0.25) is 0 Å². The SMILES string of the molecule is CCS(=O)(=O)C[C@@H](O)[C@@H]1CCCN1. The van der Waals surface area contributed by atoms with E-state index in [1.807, 2.05) is 0 Å². The molecular weight excluding hydrogens is 190 g/mol. The van der Waals surface area contributed by atoms with E-state index in [1.54, 1.807) is 6.92 Å². The van der Waals surface area contributed by atoms with Gasteiger partial charge in [-0.15, -0.1) is 0 Å². The number of aliphatic hydroxyl groups excluding tert-OH is 1. The monoisotopic (exact) mass is 207 g/mol. The van der Waals surface area contributed by atoms with Crippen LogP contribution in [0.15, 0.2) is 0 Å². The molecule has 0 bridgehead atoms. The molecular formula is C8H17NO3S. The molecule has 0 radical (unpaired) electrons. The Balaban J connectivity index is 2.44. The Hall–Kier alpha value is -0.130. The molecule has 0 aromatic heterocycles. The van der Waals surface area contributed by atoms with Crippen LogP contribution >= 0.6 is 0 Å². The highest BCUT2D eigenvalue weighted by atomic mass is 32.2. The molecule has 78 valence electrons. The van der Waals surface area contributed by atoms with E-state index in [9.17, 15) is 13.5 Å². The Bertz CT molecular complexity index is 244. The van der Waals surface area contributed by atoms with Gasteiger partial charge in [-0.05, 0) is 19.4 Å². The van der Waals surface area contributed by atoms with Gasteiger partial charge in [-0.25, -0.2) is 8.42 Å². The van der Waals surface area contributed by atoms with Gasteiger partial charge in [0.05, 0.1) is 11.9 Å². The summed E-state index contributed by atoms with van der Waals surface area (Å²) in [6.45, 7) is 2.48. The van der Waals surface area contributed by atoms with E-state index in [0.717, 1.165) is 19.4 Å². The van der Waals surface area contributed by atoms with Crippen molar-refractivity contribution in [2.45, 2.75) is 31.9 Å². The van der Waals surface area contributed by atoms with Crippen LogP contribution in [0.1, 0.15) is 19.8 Å². The van der Waals surface area contributed by atoms with Crippen LogP contribution in [0.3, 0.4) is 0 Å². The molecule has 1 heterocycles. The Morgan fingerprint density at radius 2 is 2.31 bits per heavy atom. The lowest BCUT2D eigenvalue weighted by Gasteiger charge is -2.17. The number of sulfone groups is 1. The summed E-state index contributed by atoms with van der Waals surface area (Å²) in [5.41, 5.74) is 0. The summed E-state index contributed by atoms with van der Waals surface area (Å²) in [5, 5.41) is 12.7.